The number of halogens is 1. The number of hydrogen-bond donors (Lipinski definition) is 0. The molecule has 4 rings (SSSR count). The van der Waals surface area contributed by atoms with Crippen molar-refractivity contribution in [1.82, 2.24) is 4.90 Å². The van der Waals surface area contributed by atoms with Crippen LogP contribution in [0, 0.1) is 11.3 Å². The van der Waals surface area contributed by atoms with Crippen LogP contribution in [0.1, 0.15) is 40.7 Å². The van der Waals surface area contributed by atoms with E-state index < -0.39 is 0 Å². The highest BCUT2D eigenvalue weighted by Gasteiger charge is 2.42. The summed E-state index contributed by atoms with van der Waals surface area (Å²) in [5, 5.41) is 8.89. The molecule has 2 aliphatic heterocycles. The number of benzene rings is 2. The Morgan fingerprint density at radius 1 is 1.17 bits per heavy atom. The Bertz CT molecular complexity index is 913. The Balaban J connectivity index is 0.00000240. The Labute approximate surface area is 177 Å². The fourth-order valence-electron chi connectivity index (χ4n) is 4.10. The van der Waals surface area contributed by atoms with Gasteiger partial charge in [0, 0.05) is 32.5 Å². The van der Waals surface area contributed by atoms with Crippen LogP contribution < -0.4 is 9.47 Å². The van der Waals surface area contributed by atoms with Gasteiger partial charge < -0.3 is 14.4 Å². The lowest BCUT2D eigenvalue weighted by molar-refractivity contribution is -0.00872. The first-order chi connectivity index (χ1) is 13.6. The van der Waals surface area contributed by atoms with Gasteiger partial charge >= 0.3 is 0 Å². The summed E-state index contributed by atoms with van der Waals surface area (Å²) in [5.41, 5.74) is 2.20. The van der Waals surface area contributed by atoms with Gasteiger partial charge in [-0.2, -0.15) is 5.26 Å². The van der Waals surface area contributed by atoms with Gasteiger partial charge in [-0.05, 0) is 42.3 Å². The van der Waals surface area contributed by atoms with Gasteiger partial charge in [-0.25, -0.2) is 0 Å². The van der Waals surface area contributed by atoms with Gasteiger partial charge in [0.1, 0.15) is 17.1 Å². The van der Waals surface area contributed by atoms with Crippen LogP contribution in [0.3, 0.4) is 0 Å². The number of rotatable bonds is 4. The molecule has 5 nitrogen and oxygen atoms in total. The molecule has 0 amide bonds. The SMILES string of the molecule is COc1ccc2c(c1)C(=O)CC1(CCN(CCc3ccc(C#N)cc3)CC1)O2.Cl. The summed E-state index contributed by atoms with van der Waals surface area (Å²) >= 11 is 0. The van der Waals surface area contributed by atoms with Crippen LogP contribution in [0.15, 0.2) is 42.5 Å². The lowest BCUT2D eigenvalue weighted by Gasteiger charge is -2.44. The zero-order valence-electron chi connectivity index (χ0n) is 16.5. The molecule has 0 bridgehead atoms. The number of likely N-dealkylation sites (tertiary alicyclic amines) is 1. The van der Waals surface area contributed by atoms with Crippen LogP contribution >= 0.6 is 12.4 Å². The summed E-state index contributed by atoms with van der Waals surface area (Å²) in [5.74, 6) is 1.51. The Hall–Kier alpha value is -2.55. The molecular formula is C23H25ClN2O3. The standard InChI is InChI=1S/C23H24N2O3.ClH/c1-27-19-6-7-22-20(14-19)21(26)15-23(28-22)9-12-25(13-10-23)11-8-17-2-4-18(16-24)5-3-17;/h2-7,14H,8-13,15H2,1H3;1H. The molecule has 29 heavy (non-hydrogen) atoms. The van der Waals surface area contributed by atoms with E-state index in [9.17, 15) is 4.79 Å². The van der Waals surface area contributed by atoms with E-state index in [4.69, 9.17) is 14.7 Å². The number of piperidine rings is 1. The summed E-state index contributed by atoms with van der Waals surface area (Å²) < 4.78 is 11.6. The maximum atomic E-state index is 12.7. The minimum absolute atomic E-state index is 0. The van der Waals surface area contributed by atoms with Gasteiger partial charge in [0.25, 0.3) is 0 Å². The van der Waals surface area contributed by atoms with Crippen molar-refractivity contribution < 1.29 is 14.3 Å². The second-order valence-electron chi connectivity index (χ2n) is 7.65. The van der Waals surface area contributed by atoms with Crippen LogP contribution in [0.4, 0.5) is 0 Å². The lowest BCUT2D eigenvalue weighted by atomic mass is 9.82. The summed E-state index contributed by atoms with van der Waals surface area (Å²) in [4.78, 5) is 15.1. The summed E-state index contributed by atoms with van der Waals surface area (Å²) in [7, 11) is 1.60. The van der Waals surface area contributed by atoms with Gasteiger partial charge in [0.15, 0.2) is 5.78 Å². The van der Waals surface area contributed by atoms with Crippen molar-refractivity contribution in [2.24, 2.45) is 0 Å². The quantitative estimate of drug-likeness (QED) is 0.758. The third-order valence-electron chi connectivity index (χ3n) is 5.86. The predicted molar refractivity (Wildman–Crippen MR) is 113 cm³/mol. The highest BCUT2D eigenvalue weighted by Crippen LogP contribution is 2.40. The van der Waals surface area contributed by atoms with Gasteiger partial charge in [-0.1, -0.05) is 12.1 Å². The van der Waals surface area contributed by atoms with Crippen LogP contribution in [-0.4, -0.2) is 43.0 Å². The van der Waals surface area contributed by atoms with Crippen LogP contribution in [0.2, 0.25) is 0 Å². The zero-order chi connectivity index (χ0) is 19.6. The van der Waals surface area contributed by atoms with Crippen molar-refractivity contribution in [2.75, 3.05) is 26.7 Å². The number of carbonyl (C=O) groups excluding carboxylic acids is 1. The van der Waals surface area contributed by atoms with Gasteiger partial charge in [0.05, 0.1) is 30.7 Å². The normalized spacial score (nSPS) is 17.6. The van der Waals surface area contributed by atoms with E-state index in [1.165, 1.54) is 5.56 Å². The smallest absolute Gasteiger partial charge is 0.170 e. The van der Waals surface area contributed by atoms with Crippen molar-refractivity contribution in [2.45, 2.75) is 31.3 Å². The second kappa shape index (κ2) is 8.86. The van der Waals surface area contributed by atoms with E-state index in [1.807, 2.05) is 36.4 Å². The molecule has 2 heterocycles. The van der Waals surface area contributed by atoms with E-state index in [1.54, 1.807) is 13.2 Å². The molecule has 152 valence electrons. The van der Waals surface area contributed by atoms with E-state index >= 15 is 0 Å². The average Bonchev–Trinajstić information content (AvgIpc) is 2.73. The van der Waals surface area contributed by atoms with Crippen molar-refractivity contribution in [3.05, 3.63) is 59.2 Å². The van der Waals surface area contributed by atoms with Crippen molar-refractivity contribution in [3.8, 4) is 17.6 Å². The van der Waals surface area contributed by atoms with Gasteiger partial charge in [0.2, 0.25) is 0 Å². The molecule has 0 unspecified atom stereocenters. The number of methoxy groups -OCH3 is 1. The minimum atomic E-state index is -0.371. The number of Topliss-reactive ketones (excluding diaryl/α,β-unsaturated/α-hetero) is 1. The maximum Gasteiger partial charge on any atom is 0.170 e. The highest BCUT2D eigenvalue weighted by molar-refractivity contribution is 6.00. The molecule has 6 heteroatoms. The molecule has 0 atom stereocenters. The molecule has 2 aromatic rings. The Morgan fingerprint density at radius 3 is 2.55 bits per heavy atom. The van der Waals surface area contributed by atoms with Gasteiger partial charge in [-0.3, -0.25) is 4.79 Å². The number of nitriles is 1. The third-order valence-corrected chi connectivity index (χ3v) is 5.86. The molecular weight excluding hydrogens is 388 g/mol. The zero-order valence-corrected chi connectivity index (χ0v) is 17.3. The van der Waals surface area contributed by atoms with Crippen molar-refractivity contribution in [1.29, 1.82) is 5.26 Å². The summed E-state index contributed by atoms with van der Waals surface area (Å²) in [6.07, 6.45) is 3.12. The lowest BCUT2D eigenvalue weighted by Crippen LogP contribution is -2.51. The van der Waals surface area contributed by atoms with E-state index in [2.05, 4.69) is 11.0 Å². The molecule has 0 radical (unpaired) electrons. The van der Waals surface area contributed by atoms with E-state index in [-0.39, 0.29) is 23.8 Å². The molecule has 0 N–H and O–H groups in total. The van der Waals surface area contributed by atoms with E-state index in [0.29, 0.717) is 29.0 Å². The fourth-order valence-corrected chi connectivity index (χ4v) is 4.10. The number of nitrogens with zero attached hydrogens (tertiary/aromatic N) is 2. The molecule has 0 aliphatic carbocycles. The van der Waals surface area contributed by atoms with Crippen LogP contribution in [0.5, 0.6) is 11.5 Å². The third kappa shape index (κ3) is 4.55. The van der Waals surface area contributed by atoms with E-state index in [0.717, 1.165) is 38.9 Å². The van der Waals surface area contributed by atoms with Crippen LogP contribution in [0.25, 0.3) is 0 Å². The second-order valence-corrected chi connectivity index (χ2v) is 7.65. The minimum Gasteiger partial charge on any atom is -0.497 e. The predicted octanol–water partition coefficient (Wildman–Crippen LogP) is 4.03. The molecule has 2 aromatic carbocycles. The monoisotopic (exact) mass is 412 g/mol. The summed E-state index contributed by atoms with van der Waals surface area (Å²) in [6.45, 7) is 2.83. The molecule has 1 saturated heterocycles. The first-order valence-electron chi connectivity index (χ1n) is 9.72. The number of ketones is 1. The highest BCUT2D eigenvalue weighted by atomic mass is 35.5. The molecule has 2 aliphatic rings. The van der Waals surface area contributed by atoms with Crippen molar-refractivity contribution in [3.63, 3.8) is 0 Å². The van der Waals surface area contributed by atoms with Crippen molar-refractivity contribution >= 4 is 18.2 Å². The Morgan fingerprint density at radius 2 is 1.90 bits per heavy atom. The maximum absolute atomic E-state index is 12.7. The Kier molecular flexibility index (Phi) is 6.46. The average molecular weight is 413 g/mol. The first kappa shape index (κ1) is 21.2. The summed E-state index contributed by atoms with van der Waals surface area (Å²) in [6, 6.07) is 15.4. The molecule has 1 fully saturated rings. The first-order valence-corrected chi connectivity index (χ1v) is 9.72. The molecule has 0 aromatic heterocycles. The fraction of sp³-hybridized carbons (Fsp3) is 0.391. The van der Waals surface area contributed by atoms with Gasteiger partial charge in [-0.15, -0.1) is 12.4 Å². The number of carbonyl (C=O) groups is 1. The largest absolute Gasteiger partial charge is 0.497 e. The number of fused-ring (bicyclic) bond motifs is 1. The molecule has 1 spiro atoms. The van der Waals surface area contributed by atoms with Crippen LogP contribution in [-0.2, 0) is 6.42 Å². The molecule has 0 saturated carbocycles. The number of hydrogen-bond acceptors (Lipinski definition) is 5. The number of ether oxygens (including phenoxy) is 2. The topological polar surface area (TPSA) is 62.6 Å².